The van der Waals surface area contributed by atoms with Gasteiger partial charge in [0.25, 0.3) is 5.91 Å². The molecule has 0 radical (unpaired) electrons. The predicted octanol–water partition coefficient (Wildman–Crippen LogP) is -0.00610. The smallest absolute Gasteiger partial charge is 0.253 e. The highest BCUT2D eigenvalue weighted by Crippen LogP contribution is 2.12. The molecule has 17 heavy (non-hydrogen) atoms. The van der Waals surface area contributed by atoms with Crippen LogP contribution in [0.4, 0.5) is 5.82 Å². The average Bonchev–Trinajstić information content (AvgIpc) is 2.37. The molecule has 0 atom stereocenters. The number of amides is 1. The molecule has 0 saturated heterocycles. The molecule has 1 aromatic heterocycles. The SMILES string of the molecule is CCc1cc(C(=O)N(C)CCO)cc(NN)n1. The van der Waals surface area contributed by atoms with E-state index in [1.54, 1.807) is 19.2 Å². The van der Waals surface area contributed by atoms with Gasteiger partial charge in [0.05, 0.1) is 6.61 Å². The minimum Gasteiger partial charge on any atom is -0.395 e. The lowest BCUT2D eigenvalue weighted by molar-refractivity contribution is 0.0767. The number of aromatic nitrogens is 1. The van der Waals surface area contributed by atoms with Crippen molar-refractivity contribution >= 4 is 11.7 Å². The summed E-state index contributed by atoms with van der Waals surface area (Å²) in [5, 5.41) is 8.80. The maximum Gasteiger partial charge on any atom is 0.253 e. The molecule has 6 heteroatoms. The van der Waals surface area contributed by atoms with Crippen LogP contribution in [0.5, 0.6) is 0 Å². The highest BCUT2D eigenvalue weighted by Gasteiger charge is 2.13. The van der Waals surface area contributed by atoms with E-state index in [1.165, 1.54) is 4.90 Å². The molecule has 0 unspecified atom stereocenters. The highest BCUT2D eigenvalue weighted by atomic mass is 16.3. The molecule has 0 aliphatic heterocycles. The Labute approximate surface area is 100 Å². The first-order valence-electron chi connectivity index (χ1n) is 5.46. The molecule has 0 aliphatic carbocycles. The number of nitrogens with one attached hydrogen (secondary N) is 1. The molecule has 0 bridgehead atoms. The lowest BCUT2D eigenvalue weighted by Crippen LogP contribution is -2.29. The van der Waals surface area contributed by atoms with Crippen LogP contribution in [0, 0.1) is 0 Å². The minimum absolute atomic E-state index is 0.0596. The van der Waals surface area contributed by atoms with Crippen LogP contribution in [0.15, 0.2) is 12.1 Å². The number of anilines is 1. The monoisotopic (exact) mass is 238 g/mol. The van der Waals surface area contributed by atoms with E-state index >= 15 is 0 Å². The third-order valence-corrected chi connectivity index (χ3v) is 2.42. The molecular formula is C11H18N4O2. The van der Waals surface area contributed by atoms with Crippen molar-refractivity contribution in [2.24, 2.45) is 5.84 Å². The quantitative estimate of drug-likeness (QED) is 0.496. The molecule has 0 saturated carbocycles. The van der Waals surface area contributed by atoms with Gasteiger partial charge in [0.1, 0.15) is 5.82 Å². The van der Waals surface area contributed by atoms with E-state index in [9.17, 15) is 4.79 Å². The van der Waals surface area contributed by atoms with Crippen molar-refractivity contribution in [3.8, 4) is 0 Å². The van der Waals surface area contributed by atoms with Crippen molar-refractivity contribution in [1.29, 1.82) is 0 Å². The number of nitrogens with two attached hydrogens (primary N) is 1. The number of rotatable bonds is 5. The number of nitrogen functional groups attached to an aromatic ring is 1. The number of hydrogen-bond donors (Lipinski definition) is 3. The van der Waals surface area contributed by atoms with Crippen molar-refractivity contribution in [3.05, 3.63) is 23.4 Å². The van der Waals surface area contributed by atoms with Crippen molar-refractivity contribution in [2.75, 3.05) is 25.6 Å². The van der Waals surface area contributed by atoms with Crippen LogP contribution in [-0.2, 0) is 6.42 Å². The van der Waals surface area contributed by atoms with Crippen molar-refractivity contribution in [1.82, 2.24) is 9.88 Å². The summed E-state index contributed by atoms with van der Waals surface area (Å²) < 4.78 is 0. The van der Waals surface area contributed by atoms with E-state index in [1.807, 2.05) is 6.92 Å². The summed E-state index contributed by atoms with van der Waals surface area (Å²) in [7, 11) is 1.64. The molecule has 1 heterocycles. The number of hydrazine groups is 1. The van der Waals surface area contributed by atoms with Crippen molar-refractivity contribution in [2.45, 2.75) is 13.3 Å². The van der Waals surface area contributed by atoms with Gasteiger partial charge in [0.15, 0.2) is 0 Å². The van der Waals surface area contributed by atoms with E-state index < -0.39 is 0 Å². The molecule has 94 valence electrons. The predicted molar refractivity (Wildman–Crippen MR) is 65.5 cm³/mol. The number of likely N-dealkylation sites (N-methyl/N-ethyl adjacent to an activating group) is 1. The van der Waals surface area contributed by atoms with Crippen molar-refractivity contribution < 1.29 is 9.90 Å². The fourth-order valence-corrected chi connectivity index (χ4v) is 1.44. The lowest BCUT2D eigenvalue weighted by atomic mass is 10.1. The summed E-state index contributed by atoms with van der Waals surface area (Å²) in [6.45, 7) is 2.19. The summed E-state index contributed by atoms with van der Waals surface area (Å²) >= 11 is 0. The van der Waals surface area contributed by atoms with Crippen LogP contribution in [-0.4, -0.2) is 41.1 Å². The fourth-order valence-electron chi connectivity index (χ4n) is 1.44. The summed E-state index contributed by atoms with van der Waals surface area (Å²) in [4.78, 5) is 17.6. The Hall–Kier alpha value is -1.66. The standard InChI is InChI=1S/C11H18N4O2/c1-3-9-6-8(7-10(13-9)14-12)11(17)15(2)4-5-16/h6-7,16H,3-5,12H2,1-2H3,(H,13,14). The summed E-state index contributed by atoms with van der Waals surface area (Å²) in [5.41, 5.74) is 3.74. The first-order chi connectivity index (χ1) is 8.12. The Balaban J connectivity index is 2.99. The van der Waals surface area contributed by atoms with Crippen LogP contribution in [0.3, 0.4) is 0 Å². The van der Waals surface area contributed by atoms with Crippen molar-refractivity contribution in [3.63, 3.8) is 0 Å². The lowest BCUT2D eigenvalue weighted by Gasteiger charge is -2.16. The van der Waals surface area contributed by atoms with E-state index in [0.717, 1.165) is 12.1 Å². The normalized spacial score (nSPS) is 10.1. The molecule has 0 fully saturated rings. The van der Waals surface area contributed by atoms with Gasteiger partial charge < -0.3 is 15.4 Å². The third kappa shape index (κ3) is 3.40. The number of aryl methyl sites for hydroxylation is 1. The second-order valence-corrected chi connectivity index (χ2v) is 3.68. The maximum absolute atomic E-state index is 12.0. The molecule has 1 rings (SSSR count). The zero-order valence-corrected chi connectivity index (χ0v) is 10.1. The fraction of sp³-hybridized carbons (Fsp3) is 0.455. The Morgan fingerprint density at radius 1 is 1.59 bits per heavy atom. The molecular weight excluding hydrogens is 220 g/mol. The largest absolute Gasteiger partial charge is 0.395 e. The number of carbonyl (C=O) groups is 1. The number of aliphatic hydroxyl groups excluding tert-OH is 1. The number of hydrogen-bond acceptors (Lipinski definition) is 5. The van der Waals surface area contributed by atoms with Crippen LogP contribution in [0.25, 0.3) is 0 Å². The Morgan fingerprint density at radius 3 is 2.82 bits per heavy atom. The van der Waals surface area contributed by atoms with Crippen LogP contribution < -0.4 is 11.3 Å². The Morgan fingerprint density at radius 2 is 2.29 bits per heavy atom. The van der Waals surface area contributed by atoms with Gasteiger partial charge in [0, 0.05) is 24.8 Å². The highest BCUT2D eigenvalue weighted by molar-refractivity contribution is 5.94. The van der Waals surface area contributed by atoms with E-state index in [0.29, 0.717) is 17.9 Å². The first-order valence-corrected chi connectivity index (χ1v) is 5.46. The van der Waals surface area contributed by atoms with Gasteiger partial charge in [-0.15, -0.1) is 0 Å². The van der Waals surface area contributed by atoms with Gasteiger partial charge in [-0.2, -0.15) is 0 Å². The topological polar surface area (TPSA) is 91.5 Å². The van der Waals surface area contributed by atoms with Crippen LogP contribution in [0.1, 0.15) is 23.0 Å². The molecule has 1 aromatic rings. The van der Waals surface area contributed by atoms with E-state index in [4.69, 9.17) is 10.9 Å². The second-order valence-electron chi connectivity index (χ2n) is 3.68. The maximum atomic E-state index is 12.0. The Kier molecular flexibility index (Phi) is 4.86. The van der Waals surface area contributed by atoms with Crippen LogP contribution in [0.2, 0.25) is 0 Å². The zero-order chi connectivity index (χ0) is 12.8. The molecule has 0 aromatic carbocycles. The number of nitrogens with zero attached hydrogens (tertiary/aromatic N) is 2. The van der Waals surface area contributed by atoms with Gasteiger partial charge >= 0.3 is 0 Å². The summed E-state index contributed by atoms with van der Waals surface area (Å²) in [6, 6.07) is 3.33. The summed E-state index contributed by atoms with van der Waals surface area (Å²) in [6.07, 6.45) is 0.722. The van der Waals surface area contributed by atoms with Gasteiger partial charge in [-0.3, -0.25) is 4.79 Å². The van der Waals surface area contributed by atoms with Gasteiger partial charge in [-0.25, -0.2) is 10.8 Å². The van der Waals surface area contributed by atoms with Gasteiger partial charge in [0.2, 0.25) is 0 Å². The van der Waals surface area contributed by atoms with Gasteiger partial charge in [-0.05, 0) is 18.6 Å². The third-order valence-electron chi connectivity index (χ3n) is 2.42. The molecule has 0 spiro atoms. The Bertz CT molecular complexity index is 373. The number of carbonyl (C=O) groups excluding carboxylic acids is 1. The van der Waals surface area contributed by atoms with Gasteiger partial charge in [-0.1, -0.05) is 6.92 Å². The van der Waals surface area contributed by atoms with E-state index in [2.05, 4.69) is 10.4 Å². The molecule has 6 nitrogen and oxygen atoms in total. The minimum atomic E-state index is -0.160. The van der Waals surface area contributed by atoms with Crippen LogP contribution >= 0.6 is 0 Å². The number of pyridine rings is 1. The summed E-state index contributed by atoms with van der Waals surface area (Å²) in [5.74, 6) is 5.60. The first kappa shape index (κ1) is 13.4. The molecule has 4 N–H and O–H groups in total. The molecule has 1 amide bonds. The van der Waals surface area contributed by atoms with E-state index in [-0.39, 0.29) is 12.5 Å². The average molecular weight is 238 g/mol. The zero-order valence-electron chi connectivity index (χ0n) is 10.1. The second kappa shape index (κ2) is 6.17. The molecule has 0 aliphatic rings. The number of aliphatic hydroxyl groups is 1.